The predicted molar refractivity (Wildman–Crippen MR) is 109 cm³/mol. The van der Waals surface area contributed by atoms with Gasteiger partial charge in [0.25, 0.3) is 5.91 Å². The van der Waals surface area contributed by atoms with E-state index in [1.807, 2.05) is 6.07 Å². The summed E-state index contributed by atoms with van der Waals surface area (Å²) in [5.74, 6) is -0.163. The van der Waals surface area contributed by atoms with Gasteiger partial charge in [-0.25, -0.2) is 0 Å². The van der Waals surface area contributed by atoms with Gasteiger partial charge in [0.15, 0.2) is 0 Å². The third-order valence-electron chi connectivity index (χ3n) is 4.31. The van der Waals surface area contributed by atoms with Crippen LogP contribution in [0.2, 0.25) is 0 Å². The second kappa shape index (κ2) is 9.01. The molecule has 0 atom stereocenters. The molecule has 0 aromatic heterocycles. The zero-order valence-electron chi connectivity index (χ0n) is 16.3. The van der Waals surface area contributed by atoms with E-state index in [1.165, 1.54) is 36.6 Å². The first kappa shape index (κ1) is 20.9. The lowest BCUT2D eigenvalue weighted by Gasteiger charge is -2.23. The Morgan fingerprint density at radius 2 is 1.70 bits per heavy atom. The molecule has 2 rings (SSSR count). The first-order chi connectivity index (χ1) is 12.7. The maximum Gasteiger partial charge on any atom is 0.303 e. The minimum absolute atomic E-state index is 0.163. The first-order valence-electron chi connectivity index (χ1n) is 8.82. The van der Waals surface area contributed by atoms with Crippen molar-refractivity contribution in [1.29, 1.82) is 0 Å². The molecule has 7 heteroatoms. The summed E-state index contributed by atoms with van der Waals surface area (Å²) >= 11 is 0. The summed E-state index contributed by atoms with van der Waals surface area (Å²) in [4.78, 5) is 12.2. The Morgan fingerprint density at radius 1 is 1.04 bits per heavy atom. The molecular formula is C20H27N3O3S. The van der Waals surface area contributed by atoms with Crippen LogP contribution in [0.1, 0.15) is 27.9 Å². The van der Waals surface area contributed by atoms with Crippen LogP contribution in [0.5, 0.6) is 0 Å². The Labute approximate surface area is 162 Å². The van der Waals surface area contributed by atoms with E-state index in [9.17, 15) is 13.2 Å². The van der Waals surface area contributed by atoms with Crippen LogP contribution in [0.25, 0.3) is 0 Å². The van der Waals surface area contributed by atoms with Crippen molar-refractivity contribution in [2.24, 2.45) is 0 Å². The highest BCUT2D eigenvalue weighted by Gasteiger charge is 2.20. The van der Waals surface area contributed by atoms with Crippen LogP contribution >= 0.6 is 0 Å². The number of amides is 1. The van der Waals surface area contributed by atoms with E-state index in [0.717, 1.165) is 17.1 Å². The van der Waals surface area contributed by atoms with Gasteiger partial charge in [-0.05, 0) is 49.6 Å². The van der Waals surface area contributed by atoms with E-state index in [0.29, 0.717) is 17.8 Å². The van der Waals surface area contributed by atoms with Gasteiger partial charge in [-0.15, -0.1) is 0 Å². The minimum Gasteiger partial charge on any atom is -0.352 e. The molecule has 0 aliphatic carbocycles. The second-order valence-corrected chi connectivity index (χ2v) is 8.83. The molecule has 0 heterocycles. The van der Waals surface area contributed by atoms with Crippen molar-refractivity contribution in [2.45, 2.75) is 19.8 Å². The van der Waals surface area contributed by atoms with Crippen LogP contribution in [-0.2, 0) is 16.6 Å². The van der Waals surface area contributed by atoms with Gasteiger partial charge in [0.2, 0.25) is 0 Å². The van der Waals surface area contributed by atoms with Gasteiger partial charge in [-0.2, -0.15) is 12.7 Å². The topological polar surface area (TPSA) is 69.7 Å². The fourth-order valence-electron chi connectivity index (χ4n) is 2.67. The number of benzene rings is 2. The molecular weight excluding hydrogens is 362 g/mol. The average molecular weight is 390 g/mol. The van der Waals surface area contributed by atoms with Crippen LogP contribution in [-0.4, -0.2) is 46.3 Å². The standard InChI is InChI=1S/C20H27N3O3S/c1-16-7-5-8-17(15-16)9-6-14-21-20(24)18-10-12-19(13-11-18)23(4)27(25,26)22(2)3/h5,7-8,10-13,15H,6,9,14H2,1-4H3,(H,21,24). The number of nitrogens with zero attached hydrogens (tertiary/aromatic N) is 2. The summed E-state index contributed by atoms with van der Waals surface area (Å²) in [7, 11) is 0.891. The number of nitrogens with one attached hydrogen (secondary N) is 1. The predicted octanol–water partition coefficient (Wildman–Crippen LogP) is 2.60. The quantitative estimate of drug-likeness (QED) is 0.706. The fourth-order valence-corrected chi connectivity index (χ4v) is 3.54. The lowest BCUT2D eigenvalue weighted by atomic mass is 10.1. The number of rotatable bonds is 8. The molecule has 0 fully saturated rings. The molecule has 27 heavy (non-hydrogen) atoms. The van der Waals surface area contributed by atoms with Crippen LogP contribution in [0.3, 0.4) is 0 Å². The van der Waals surface area contributed by atoms with Crippen LogP contribution in [0.4, 0.5) is 5.69 Å². The Kier molecular flexibility index (Phi) is 6.98. The second-order valence-electron chi connectivity index (χ2n) is 6.65. The fraction of sp³-hybridized carbons (Fsp3) is 0.350. The smallest absolute Gasteiger partial charge is 0.303 e. The van der Waals surface area contributed by atoms with E-state index < -0.39 is 10.2 Å². The molecule has 0 spiro atoms. The largest absolute Gasteiger partial charge is 0.352 e. The van der Waals surface area contributed by atoms with Crippen molar-refractivity contribution < 1.29 is 13.2 Å². The molecule has 2 aromatic rings. The average Bonchev–Trinajstić information content (AvgIpc) is 2.64. The normalized spacial score (nSPS) is 11.4. The van der Waals surface area contributed by atoms with Crippen molar-refractivity contribution in [2.75, 3.05) is 32.0 Å². The van der Waals surface area contributed by atoms with Gasteiger partial charge in [0.05, 0.1) is 5.69 Å². The highest BCUT2D eigenvalue weighted by atomic mass is 32.2. The van der Waals surface area contributed by atoms with E-state index in [1.54, 1.807) is 24.3 Å². The molecule has 0 unspecified atom stereocenters. The maximum absolute atomic E-state index is 12.2. The van der Waals surface area contributed by atoms with Crippen molar-refractivity contribution >= 4 is 21.8 Å². The van der Waals surface area contributed by atoms with Gasteiger partial charge in [-0.1, -0.05) is 29.8 Å². The van der Waals surface area contributed by atoms with Gasteiger partial charge >= 0.3 is 10.2 Å². The van der Waals surface area contributed by atoms with E-state index >= 15 is 0 Å². The van der Waals surface area contributed by atoms with Crippen LogP contribution in [0, 0.1) is 6.92 Å². The lowest BCUT2D eigenvalue weighted by Crippen LogP contribution is -2.37. The maximum atomic E-state index is 12.2. The SMILES string of the molecule is Cc1cccc(CCCNC(=O)c2ccc(N(C)S(=O)(=O)N(C)C)cc2)c1. The number of anilines is 1. The molecule has 1 amide bonds. The zero-order valence-corrected chi connectivity index (χ0v) is 17.1. The third-order valence-corrected chi connectivity index (χ3v) is 6.14. The Bertz CT molecular complexity index is 878. The summed E-state index contributed by atoms with van der Waals surface area (Å²) < 4.78 is 26.6. The summed E-state index contributed by atoms with van der Waals surface area (Å²) in [6.07, 6.45) is 1.77. The molecule has 0 saturated heterocycles. The number of hydrogen-bond acceptors (Lipinski definition) is 3. The monoisotopic (exact) mass is 389 g/mol. The summed E-state index contributed by atoms with van der Waals surface area (Å²) in [5.41, 5.74) is 3.50. The molecule has 0 aliphatic heterocycles. The number of carbonyl (C=O) groups excluding carboxylic acids is 1. The van der Waals surface area contributed by atoms with E-state index in [4.69, 9.17) is 0 Å². The molecule has 1 N–H and O–H groups in total. The first-order valence-corrected chi connectivity index (χ1v) is 10.2. The molecule has 0 saturated carbocycles. The van der Waals surface area contributed by atoms with Crippen LogP contribution in [0.15, 0.2) is 48.5 Å². The molecule has 0 bridgehead atoms. The Morgan fingerprint density at radius 3 is 2.30 bits per heavy atom. The summed E-state index contributed by atoms with van der Waals surface area (Å²) in [5, 5.41) is 2.90. The molecule has 0 radical (unpaired) electrons. The van der Waals surface area contributed by atoms with Crippen molar-refractivity contribution in [3.05, 3.63) is 65.2 Å². The van der Waals surface area contributed by atoms with Gasteiger partial charge in [0.1, 0.15) is 0 Å². The summed E-state index contributed by atoms with van der Waals surface area (Å²) in [6.45, 7) is 2.65. The summed E-state index contributed by atoms with van der Waals surface area (Å²) in [6, 6.07) is 14.9. The van der Waals surface area contributed by atoms with Gasteiger partial charge < -0.3 is 5.32 Å². The highest BCUT2D eigenvalue weighted by molar-refractivity contribution is 7.90. The number of carbonyl (C=O) groups is 1. The van der Waals surface area contributed by atoms with E-state index in [-0.39, 0.29) is 5.91 Å². The van der Waals surface area contributed by atoms with Gasteiger partial charge in [-0.3, -0.25) is 9.10 Å². The van der Waals surface area contributed by atoms with Gasteiger partial charge in [0, 0.05) is 33.3 Å². The third kappa shape index (κ3) is 5.55. The Balaban J connectivity index is 1.88. The molecule has 2 aromatic carbocycles. The van der Waals surface area contributed by atoms with E-state index in [2.05, 4.69) is 30.4 Å². The Hall–Kier alpha value is -2.38. The zero-order chi connectivity index (χ0) is 20.0. The van der Waals surface area contributed by atoms with Crippen molar-refractivity contribution in [3.8, 4) is 0 Å². The van der Waals surface area contributed by atoms with Crippen molar-refractivity contribution in [3.63, 3.8) is 0 Å². The minimum atomic E-state index is -3.54. The molecule has 6 nitrogen and oxygen atoms in total. The molecule has 146 valence electrons. The number of aryl methyl sites for hydroxylation is 2. The van der Waals surface area contributed by atoms with Crippen LogP contribution < -0.4 is 9.62 Å². The lowest BCUT2D eigenvalue weighted by molar-refractivity contribution is 0.0953. The van der Waals surface area contributed by atoms with Crippen molar-refractivity contribution in [1.82, 2.24) is 9.62 Å². The highest BCUT2D eigenvalue weighted by Crippen LogP contribution is 2.18. The number of hydrogen-bond donors (Lipinski definition) is 1. The molecule has 0 aliphatic rings.